The van der Waals surface area contributed by atoms with Crippen molar-refractivity contribution >= 4 is 0 Å². The highest BCUT2D eigenvalue weighted by Gasteiger charge is 2.24. The van der Waals surface area contributed by atoms with Crippen LogP contribution in [0.15, 0.2) is 0 Å². The molecule has 1 fully saturated rings. The first-order valence-electron chi connectivity index (χ1n) is 7.13. The van der Waals surface area contributed by atoms with Crippen molar-refractivity contribution in [1.82, 2.24) is 10.2 Å². The van der Waals surface area contributed by atoms with E-state index in [-0.39, 0.29) is 0 Å². The fourth-order valence-corrected chi connectivity index (χ4v) is 2.31. The first-order chi connectivity index (χ1) is 8.11. The van der Waals surface area contributed by atoms with Gasteiger partial charge in [-0.15, -0.1) is 0 Å². The lowest BCUT2D eigenvalue weighted by Crippen LogP contribution is -2.54. The Balaban J connectivity index is 2.15. The van der Waals surface area contributed by atoms with Gasteiger partial charge in [0.25, 0.3) is 0 Å². The van der Waals surface area contributed by atoms with Gasteiger partial charge in [-0.1, -0.05) is 27.7 Å². The van der Waals surface area contributed by atoms with Crippen LogP contribution in [0, 0.1) is 11.8 Å². The van der Waals surface area contributed by atoms with Gasteiger partial charge < -0.3 is 10.1 Å². The summed E-state index contributed by atoms with van der Waals surface area (Å²) in [6.07, 6.45) is 1.18. The monoisotopic (exact) mass is 242 g/mol. The molecule has 0 aliphatic carbocycles. The molecule has 0 aromatic carbocycles. The van der Waals surface area contributed by atoms with Crippen LogP contribution in [0.4, 0.5) is 0 Å². The van der Waals surface area contributed by atoms with Crippen LogP contribution >= 0.6 is 0 Å². The van der Waals surface area contributed by atoms with Crippen LogP contribution in [0.1, 0.15) is 34.1 Å². The zero-order valence-electron chi connectivity index (χ0n) is 12.0. The van der Waals surface area contributed by atoms with Gasteiger partial charge in [-0.25, -0.2) is 0 Å². The highest BCUT2D eigenvalue weighted by Crippen LogP contribution is 2.12. The summed E-state index contributed by atoms with van der Waals surface area (Å²) >= 11 is 0. The van der Waals surface area contributed by atoms with Crippen LogP contribution in [0.5, 0.6) is 0 Å². The summed E-state index contributed by atoms with van der Waals surface area (Å²) in [6.45, 7) is 15.4. The van der Waals surface area contributed by atoms with E-state index in [1.54, 1.807) is 0 Å². The van der Waals surface area contributed by atoms with E-state index >= 15 is 0 Å². The molecule has 17 heavy (non-hydrogen) atoms. The topological polar surface area (TPSA) is 24.5 Å². The molecule has 0 radical (unpaired) electrons. The zero-order valence-corrected chi connectivity index (χ0v) is 12.0. The Morgan fingerprint density at radius 1 is 1.24 bits per heavy atom. The molecule has 1 heterocycles. The van der Waals surface area contributed by atoms with Gasteiger partial charge in [0.05, 0.1) is 6.61 Å². The van der Waals surface area contributed by atoms with Crippen LogP contribution in [-0.4, -0.2) is 50.3 Å². The Morgan fingerprint density at radius 3 is 2.65 bits per heavy atom. The van der Waals surface area contributed by atoms with Crippen molar-refractivity contribution < 1.29 is 4.74 Å². The molecular weight excluding hydrogens is 212 g/mol. The predicted molar refractivity (Wildman–Crippen MR) is 73.3 cm³/mol. The molecule has 1 unspecified atom stereocenters. The molecule has 0 aromatic heterocycles. The van der Waals surface area contributed by atoms with E-state index in [1.807, 2.05) is 0 Å². The van der Waals surface area contributed by atoms with Crippen LogP contribution in [-0.2, 0) is 4.74 Å². The average Bonchev–Trinajstić information content (AvgIpc) is 2.28. The molecule has 1 rings (SSSR count). The largest absolute Gasteiger partial charge is 0.380 e. The van der Waals surface area contributed by atoms with Crippen LogP contribution < -0.4 is 5.32 Å². The van der Waals surface area contributed by atoms with Crippen LogP contribution in [0.2, 0.25) is 0 Å². The van der Waals surface area contributed by atoms with E-state index in [9.17, 15) is 0 Å². The second kappa shape index (κ2) is 8.06. The summed E-state index contributed by atoms with van der Waals surface area (Å²) in [5.74, 6) is 1.47. The van der Waals surface area contributed by atoms with Crippen molar-refractivity contribution in [3.8, 4) is 0 Å². The molecule has 0 bridgehead atoms. The number of rotatable bonds is 7. The molecule has 1 aliphatic rings. The molecule has 1 N–H and O–H groups in total. The van der Waals surface area contributed by atoms with Crippen molar-refractivity contribution in [2.75, 3.05) is 39.4 Å². The van der Waals surface area contributed by atoms with Crippen molar-refractivity contribution in [3.05, 3.63) is 0 Å². The van der Waals surface area contributed by atoms with E-state index in [0.29, 0.717) is 6.04 Å². The smallest absolute Gasteiger partial charge is 0.0593 e. The number of hydrogen-bond donors (Lipinski definition) is 1. The third-order valence-corrected chi connectivity index (χ3v) is 3.53. The normalized spacial score (nSPS) is 22.6. The lowest BCUT2D eigenvalue weighted by Gasteiger charge is -2.38. The highest BCUT2D eigenvalue weighted by atomic mass is 16.5. The van der Waals surface area contributed by atoms with Gasteiger partial charge >= 0.3 is 0 Å². The average molecular weight is 242 g/mol. The van der Waals surface area contributed by atoms with Gasteiger partial charge in [-0.3, -0.25) is 4.90 Å². The van der Waals surface area contributed by atoms with E-state index in [4.69, 9.17) is 4.74 Å². The number of nitrogens with one attached hydrogen (secondary N) is 1. The summed E-state index contributed by atoms with van der Waals surface area (Å²) < 4.78 is 5.71. The van der Waals surface area contributed by atoms with E-state index < -0.39 is 0 Å². The maximum atomic E-state index is 5.71. The maximum absolute atomic E-state index is 5.71. The molecule has 3 heteroatoms. The maximum Gasteiger partial charge on any atom is 0.0593 e. The molecule has 1 atom stereocenters. The Morgan fingerprint density at radius 2 is 2.00 bits per heavy atom. The molecule has 102 valence electrons. The summed E-state index contributed by atoms with van der Waals surface area (Å²) in [5.41, 5.74) is 0. The van der Waals surface area contributed by atoms with Crippen LogP contribution in [0.3, 0.4) is 0 Å². The molecule has 0 aromatic rings. The Hall–Kier alpha value is -0.120. The molecule has 0 amide bonds. The van der Waals surface area contributed by atoms with Crippen molar-refractivity contribution in [2.45, 2.75) is 40.2 Å². The molecule has 1 saturated heterocycles. The lowest BCUT2D eigenvalue weighted by molar-refractivity contribution is 0.0594. The SMILES string of the molecule is CC(C)CCOCCN1CCNCC1C(C)C. The Kier molecular flexibility index (Phi) is 7.09. The van der Waals surface area contributed by atoms with Gasteiger partial charge in [-0.05, 0) is 18.3 Å². The number of piperazine rings is 1. The third-order valence-electron chi connectivity index (χ3n) is 3.53. The summed E-state index contributed by atoms with van der Waals surface area (Å²) in [7, 11) is 0. The zero-order chi connectivity index (χ0) is 12.7. The van der Waals surface area contributed by atoms with Gasteiger partial charge in [0.2, 0.25) is 0 Å². The minimum Gasteiger partial charge on any atom is -0.380 e. The molecule has 0 spiro atoms. The quantitative estimate of drug-likeness (QED) is 0.691. The summed E-state index contributed by atoms with van der Waals surface area (Å²) in [4.78, 5) is 2.58. The minimum atomic E-state index is 0.678. The van der Waals surface area contributed by atoms with Gasteiger partial charge in [-0.2, -0.15) is 0 Å². The van der Waals surface area contributed by atoms with Gasteiger partial charge in [0.1, 0.15) is 0 Å². The fraction of sp³-hybridized carbons (Fsp3) is 1.00. The van der Waals surface area contributed by atoms with Crippen molar-refractivity contribution in [2.24, 2.45) is 11.8 Å². The standard InChI is InChI=1S/C14H30N2O/c1-12(2)5-9-17-10-8-16-7-6-15-11-14(16)13(3)4/h12-15H,5-11H2,1-4H3. The minimum absolute atomic E-state index is 0.678. The van der Waals surface area contributed by atoms with Crippen LogP contribution in [0.25, 0.3) is 0 Å². The van der Waals surface area contributed by atoms with Gasteiger partial charge in [0.15, 0.2) is 0 Å². The summed E-state index contributed by atoms with van der Waals surface area (Å²) in [5, 5.41) is 3.48. The summed E-state index contributed by atoms with van der Waals surface area (Å²) in [6, 6.07) is 0.678. The second-order valence-corrected chi connectivity index (χ2v) is 5.85. The first kappa shape index (κ1) is 14.9. The second-order valence-electron chi connectivity index (χ2n) is 5.85. The van der Waals surface area contributed by atoms with Crippen molar-refractivity contribution in [3.63, 3.8) is 0 Å². The molecular formula is C14H30N2O. The fourth-order valence-electron chi connectivity index (χ4n) is 2.31. The predicted octanol–water partition coefficient (Wildman–Crippen LogP) is 1.98. The Labute approximate surface area is 107 Å². The molecule has 3 nitrogen and oxygen atoms in total. The first-order valence-corrected chi connectivity index (χ1v) is 7.13. The van der Waals surface area contributed by atoms with E-state index in [1.165, 1.54) is 6.42 Å². The number of ether oxygens (including phenoxy) is 1. The highest BCUT2D eigenvalue weighted by molar-refractivity contribution is 4.81. The lowest BCUT2D eigenvalue weighted by atomic mass is 10.0. The molecule has 0 saturated carbocycles. The number of nitrogens with zero attached hydrogens (tertiary/aromatic N) is 1. The van der Waals surface area contributed by atoms with E-state index in [2.05, 4.69) is 37.9 Å². The van der Waals surface area contributed by atoms with E-state index in [0.717, 1.165) is 51.2 Å². The Bertz CT molecular complexity index is 195. The van der Waals surface area contributed by atoms with Crippen molar-refractivity contribution in [1.29, 1.82) is 0 Å². The third kappa shape index (κ3) is 5.84. The molecule has 1 aliphatic heterocycles. The number of hydrogen-bond acceptors (Lipinski definition) is 3. The van der Waals surface area contributed by atoms with Gasteiger partial charge in [0, 0.05) is 38.8 Å².